The number of hydrogen-bond donors (Lipinski definition) is 2. The number of unbranched alkanes of at least 4 members (excludes halogenated alkanes) is 1. The van der Waals surface area contributed by atoms with E-state index in [1.165, 1.54) is 12.1 Å². The van der Waals surface area contributed by atoms with Crippen LogP contribution in [-0.2, 0) is 14.8 Å². The Morgan fingerprint density at radius 2 is 2.14 bits per heavy atom. The lowest BCUT2D eigenvalue weighted by Gasteiger charge is -2.14. The number of fused-ring (bicyclic) bond motifs is 1. The lowest BCUT2D eigenvalue weighted by Crippen LogP contribution is -2.40. The van der Waals surface area contributed by atoms with Gasteiger partial charge in [0.25, 0.3) is 0 Å². The molecular weight excluding hydrogens is 304 g/mol. The molecule has 2 aromatic rings. The number of nitrogens with one attached hydrogen (secondary N) is 1. The second-order valence-corrected chi connectivity index (χ2v) is 6.73. The van der Waals surface area contributed by atoms with Crippen LogP contribution in [0.1, 0.15) is 26.2 Å². The molecule has 1 heterocycles. The SMILES string of the molecule is CCCCC(NS(=O)(=O)c1ccc2ncccc2c1)C(=O)O. The Bertz CT molecular complexity index is 774. The molecule has 0 saturated heterocycles. The molecule has 6 nitrogen and oxygen atoms in total. The van der Waals surface area contributed by atoms with Crippen molar-refractivity contribution in [2.75, 3.05) is 0 Å². The van der Waals surface area contributed by atoms with Crippen molar-refractivity contribution in [3.8, 4) is 0 Å². The highest BCUT2D eigenvalue weighted by molar-refractivity contribution is 7.89. The number of benzene rings is 1. The molecule has 0 saturated carbocycles. The Hall–Kier alpha value is -1.99. The molecule has 0 aliphatic rings. The van der Waals surface area contributed by atoms with Crippen molar-refractivity contribution in [1.29, 1.82) is 0 Å². The van der Waals surface area contributed by atoms with Crippen molar-refractivity contribution in [3.05, 3.63) is 36.5 Å². The van der Waals surface area contributed by atoms with Gasteiger partial charge in [-0.2, -0.15) is 4.72 Å². The highest BCUT2D eigenvalue weighted by atomic mass is 32.2. The van der Waals surface area contributed by atoms with Crippen molar-refractivity contribution < 1.29 is 18.3 Å². The van der Waals surface area contributed by atoms with E-state index in [-0.39, 0.29) is 11.3 Å². The largest absolute Gasteiger partial charge is 0.480 e. The Morgan fingerprint density at radius 3 is 2.82 bits per heavy atom. The van der Waals surface area contributed by atoms with Gasteiger partial charge in [-0.05, 0) is 30.7 Å². The summed E-state index contributed by atoms with van der Waals surface area (Å²) in [4.78, 5) is 15.4. The van der Waals surface area contributed by atoms with Gasteiger partial charge in [-0.25, -0.2) is 8.42 Å². The van der Waals surface area contributed by atoms with Gasteiger partial charge in [0.2, 0.25) is 10.0 Å². The van der Waals surface area contributed by atoms with Crippen LogP contribution in [0.5, 0.6) is 0 Å². The van der Waals surface area contributed by atoms with E-state index in [4.69, 9.17) is 5.11 Å². The van der Waals surface area contributed by atoms with Gasteiger partial charge in [0, 0.05) is 11.6 Å². The van der Waals surface area contributed by atoms with Crippen molar-refractivity contribution in [1.82, 2.24) is 9.71 Å². The van der Waals surface area contributed by atoms with Gasteiger partial charge < -0.3 is 5.11 Å². The van der Waals surface area contributed by atoms with E-state index in [0.29, 0.717) is 17.3 Å². The van der Waals surface area contributed by atoms with Crippen LogP contribution in [0.25, 0.3) is 10.9 Å². The molecule has 1 aromatic heterocycles. The highest BCUT2D eigenvalue weighted by Crippen LogP contribution is 2.18. The zero-order chi connectivity index (χ0) is 16.2. The molecule has 2 rings (SSSR count). The summed E-state index contributed by atoms with van der Waals surface area (Å²) < 4.78 is 27.0. The highest BCUT2D eigenvalue weighted by Gasteiger charge is 2.25. The number of aliphatic carboxylic acids is 1. The Kier molecular flexibility index (Phi) is 5.10. The van der Waals surface area contributed by atoms with Gasteiger partial charge in [0.1, 0.15) is 6.04 Å². The Morgan fingerprint density at radius 1 is 1.36 bits per heavy atom. The molecule has 118 valence electrons. The minimum Gasteiger partial charge on any atom is -0.480 e. The first-order chi connectivity index (χ1) is 10.4. The van der Waals surface area contributed by atoms with Crippen LogP contribution in [0, 0.1) is 0 Å². The fraction of sp³-hybridized carbons (Fsp3) is 0.333. The summed E-state index contributed by atoms with van der Waals surface area (Å²) in [6.07, 6.45) is 3.33. The zero-order valence-corrected chi connectivity index (χ0v) is 13.0. The molecular formula is C15H18N2O4S. The minimum absolute atomic E-state index is 0.0377. The monoisotopic (exact) mass is 322 g/mol. The fourth-order valence-corrected chi connectivity index (χ4v) is 3.38. The van der Waals surface area contributed by atoms with Crippen LogP contribution in [0.2, 0.25) is 0 Å². The molecule has 0 aliphatic carbocycles. The van der Waals surface area contributed by atoms with Gasteiger partial charge >= 0.3 is 5.97 Å². The quantitative estimate of drug-likeness (QED) is 0.814. The van der Waals surface area contributed by atoms with Crippen molar-refractivity contribution in [3.63, 3.8) is 0 Å². The summed E-state index contributed by atoms with van der Waals surface area (Å²) in [7, 11) is -3.89. The third-order valence-corrected chi connectivity index (χ3v) is 4.80. The molecule has 2 N–H and O–H groups in total. The number of carboxylic acid groups (broad SMARTS) is 1. The molecule has 0 radical (unpaired) electrons. The van der Waals surface area contributed by atoms with E-state index in [1.807, 2.05) is 6.92 Å². The summed E-state index contributed by atoms with van der Waals surface area (Å²) in [5.41, 5.74) is 0.683. The van der Waals surface area contributed by atoms with E-state index < -0.39 is 22.0 Å². The van der Waals surface area contributed by atoms with Crippen molar-refractivity contribution >= 4 is 26.9 Å². The van der Waals surface area contributed by atoms with Crippen LogP contribution >= 0.6 is 0 Å². The van der Waals surface area contributed by atoms with Gasteiger partial charge in [-0.1, -0.05) is 25.8 Å². The molecule has 1 aromatic carbocycles. The van der Waals surface area contributed by atoms with Crippen LogP contribution in [0.4, 0.5) is 0 Å². The molecule has 0 fully saturated rings. The average molecular weight is 322 g/mol. The molecule has 0 bridgehead atoms. The number of carboxylic acids is 1. The van der Waals surface area contributed by atoms with Gasteiger partial charge in [0.05, 0.1) is 10.4 Å². The van der Waals surface area contributed by atoms with Gasteiger partial charge in [0.15, 0.2) is 0 Å². The standard InChI is InChI=1S/C15H18N2O4S/c1-2-3-6-14(15(18)19)17-22(20,21)12-7-8-13-11(10-12)5-4-9-16-13/h4-5,7-10,14,17H,2-3,6H2,1H3,(H,18,19). The van der Waals surface area contributed by atoms with E-state index in [0.717, 1.165) is 6.42 Å². The first kappa shape index (κ1) is 16.4. The summed E-state index contributed by atoms with van der Waals surface area (Å²) in [6.45, 7) is 1.92. The number of carbonyl (C=O) groups is 1. The van der Waals surface area contributed by atoms with Crippen LogP contribution < -0.4 is 4.72 Å². The van der Waals surface area contributed by atoms with E-state index in [1.54, 1.807) is 24.4 Å². The molecule has 0 spiro atoms. The van der Waals surface area contributed by atoms with Gasteiger partial charge in [-0.3, -0.25) is 9.78 Å². The third-order valence-electron chi connectivity index (χ3n) is 3.33. The lowest BCUT2D eigenvalue weighted by atomic mass is 10.1. The summed E-state index contributed by atoms with van der Waals surface area (Å²) in [5, 5.41) is 9.83. The minimum atomic E-state index is -3.89. The normalized spacial score (nSPS) is 13.1. The number of nitrogens with zero attached hydrogens (tertiary/aromatic N) is 1. The Balaban J connectivity index is 2.28. The molecule has 1 atom stereocenters. The van der Waals surface area contributed by atoms with Crippen molar-refractivity contribution in [2.24, 2.45) is 0 Å². The van der Waals surface area contributed by atoms with E-state index in [9.17, 15) is 13.2 Å². The number of pyridine rings is 1. The number of hydrogen-bond acceptors (Lipinski definition) is 4. The zero-order valence-electron chi connectivity index (χ0n) is 12.2. The second kappa shape index (κ2) is 6.85. The van der Waals surface area contributed by atoms with Crippen LogP contribution in [0.15, 0.2) is 41.4 Å². The number of sulfonamides is 1. The maximum Gasteiger partial charge on any atom is 0.321 e. The summed E-state index contributed by atoms with van der Waals surface area (Å²) in [6, 6.07) is 6.88. The third kappa shape index (κ3) is 3.80. The molecule has 0 amide bonds. The van der Waals surface area contributed by atoms with Crippen LogP contribution in [-0.4, -0.2) is 30.5 Å². The second-order valence-electron chi connectivity index (χ2n) is 5.01. The number of aromatic nitrogens is 1. The predicted octanol–water partition coefficient (Wildman–Crippen LogP) is 2.16. The predicted molar refractivity (Wildman–Crippen MR) is 83.0 cm³/mol. The summed E-state index contributed by atoms with van der Waals surface area (Å²) in [5.74, 6) is -1.17. The summed E-state index contributed by atoms with van der Waals surface area (Å²) >= 11 is 0. The van der Waals surface area contributed by atoms with Gasteiger partial charge in [-0.15, -0.1) is 0 Å². The maximum absolute atomic E-state index is 12.4. The van der Waals surface area contributed by atoms with Crippen molar-refractivity contribution in [2.45, 2.75) is 37.1 Å². The first-order valence-electron chi connectivity index (χ1n) is 7.04. The fourth-order valence-electron chi connectivity index (χ4n) is 2.12. The molecule has 1 unspecified atom stereocenters. The van der Waals surface area contributed by atoms with E-state index in [2.05, 4.69) is 9.71 Å². The smallest absolute Gasteiger partial charge is 0.321 e. The Labute approximate surface area is 129 Å². The number of rotatable bonds is 7. The molecule has 22 heavy (non-hydrogen) atoms. The first-order valence-corrected chi connectivity index (χ1v) is 8.52. The van der Waals surface area contributed by atoms with E-state index >= 15 is 0 Å². The maximum atomic E-state index is 12.4. The average Bonchev–Trinajstić information content (AvgIpc) is 2.50. The molecule has 0 aliphatic heterocycles. The molecule has 7 heteroatoms. The lowest BCUT2D eigenvalue weighted by molar-refractivity contribution is -0.139. The van der Waals surface area contributed by atoms with Crippen LogP contribution in [0.3, 0.4) is 0 Å². The topological polar surface area (TPSA) is 96.4 Å².